The lowest BCUT2D eigenvalue weighted by atomic mass is 9.79. The molecule has 1 aromatic carbocycles. The van der Waals surface area contributed by atoms with Gasteiger partial charge in [-0.3, -0.25) is 5.41 Å². The minimum Gasteiger partial charge on any atom is -0.379 e. The maximum Gasteiger partial charge on any atom is 0.151 e. The van der Waals surface area contributed by atoms with Gasteiger partial charge in [0.25, 0.3) is 0 Å². The summed E-state index contributed by atoms with van der Waals surface area (Å²) in [5.74, 6) is 0.308. The normalized spacial score (nSPS) is 17.2. The SMILES string of the molecule is CCC(C)(SC(=N)N)c1ccc2c(c1[C@@H](C)CC=N)CCC=C2. The smallest absolute Gasteiger partial charge is 0.151 e. The van der Waals surface area contributed by atoms with Gasteiger partial charge in [-0.15, -0.1) is 0 Å². The molecule has 1 unspecified atom stereocenters. The molecule has 2 rings (SSSR count). The summed E-state index contributed by atoms with van der Waals surface area (Å²) in [6.07, 6.45) is 9.74. The lowest BCUT2D eigenvalue weighted by Gasteiger charge is -2.34. The molecule has 124 valence electrons. The lowest BCUT2D eigenvalue weighted by Crippen LogP contribution is -2.25. The van der Waals surface area contributed by atoms with E-state index >= 15 is 0 Å². The summed E-state index contributed by atoms with van der Waals surface area (Å²) < 4.78 is -0.201. The fourth-order valence-corrected chi connectivity index (χ4v) is 4.35. The van der Waals surface area contributed by atoms with E-state index in [4.69, 9.17) is 16.6 Å². The first-order valence-corrected chi connectivity index (χ1v) is 9.09. The van der Waals surface area contributed by atoms with Crippen molar-refractivity contribution in [3.05, 3.63) is 40.5 Å². The second-order valence-corrected chi connectivity index (χ2v) is 7.97. The molecule has 0 amide bonds. The molecule has 4 N–H and O–H groups in total. The highest BCUT2D eigenvalue weighted by Crippen LogP contribution is 2.45. The van der Waals surface area contributed by atoms with Gasteiger partial charge in [0.05, 0.1) is 0 Å². The molecule has 23 heavy (non-hydrogen) atoms. The first-order valence-electron chi connectivity index (χ1n) is 8.27. The Labute approximate surface area is 143 Å². The summed E-state index contributed by atoms with van der Waals surface area (Å²) >= 11 is 1.44. The molecule has 0 aliphatic heterocycles. The fourth-order valence-electron chi connectivity index (χ4n) is 3.43. The first kappa shape index (κ1) is 17.8. The number of thioether (sulfide) groups is 1. The van der Waals surface area contributed by atoms with Crippen molar-refractivity contribution in [1.82, 2.24) is 0 Å². The molecule has 4 heteroatoms. The van der Waals surface area contributed by atoms with Gasteiger partial charge in [-0.05, 0) is 67.0 Å². The van der Waals surface area contributed by atoms with Gasteiger partial charge in [-0.1, -0.05) is 49.9 Å². The molecule has 0 saturated heterocycles. The van der Waals surface area contributed by atoms with Crippen molar-refractivity contribution in [1.29, 1.82) is 10.8 Å². The Morgan fingerprint density at radius 1 is 1.48 bits per heavy atom. The lowest BCUT2D eigenvalue weighted by molar-refractivity contribution is 0.641. The number of rotatable bonds is 6. The molecule has 2 atom stereocenters. The molecular formula is C19H27N3S. The Morgan fingerprint density at radius 2 is 2.22 bits per heavy atom. The third kappa shape index (κ3) is 3.69. The van der Waals surface area contributed by atoms with E-state index in [1.807, 2.05) is 0 Å². The second-order valence-electron chi connectivity index (χ2n) is 6.43. The van der Waals surface area contributed by atoms with E-state index in [0.29, 0.717) is 5.92 Å². The van der Waals surface area contributed by atoms with Crippen LogP contribution in [0, 0.1) is 10.8 Å². The van der Waals surface area contributed by atoms with Crippen LogP contribution in [0.4, 0.5) is 0 Å². The highest BCUT2D eigenvalue weighted by atomic mass is 32.2. The molecule has 0 saturated carbocycles. The van der Waals surface area contributed by atoms with Crippen LogP contribution in [-0.2, 0) is 11.2 Å². The number of amidine groups is 1. The number of hydrogen-bond donors (Lipinski definition) is 3. The van der Waals surface area contributed by atoms with Crippen molar-refractivity contribution >= 4 is 29.2 Å². The van der Waals surface area contributed by atoms with Crippen molar-refractivity contribution in [3.8, 4) is 0 Å². The van der Waals surface area contributed by atoms with Gasteiger partial charge in [0, 0.05) is 4.75 Å². The van der Waals surface area contributed by atoms with E-state index in [1.165, 1.54) is 40.2 Å². The molecule has 0 spiro atoms. The van der Waals surface area contributed by atoms with Crippen LogP contribution >= 0.6 is 11.8 Å². The predicted molar refractivity (Wildman–Crippen MR) is 103 cm³/mol. The van der Waals surface area contributed by atoms with Crippen molar-refractivity contribution in [3.63, 3.8) is 0 Å². The van der Waals surface area contributed by atoms with Crippen LogP contribution in [0.15, 0.2) is 18.2 Å². The summed E-state index contributed by atoms with van der Waals surface area (Å²) in [5, 5.41) is 15.4. The molecule has 1 aromatic rings. The second kappa shape index (κ2) is 7.35. The average Bonchev–Trinajstić information content (AvgIpc) is 2.53. The number of hydrogen-bond acceptors (Lipinski definition) is 3. The third-order valence-corrected chi connectivity index (χ3v) is 5.97. The number of benzene rings is 1. The van der Waals surface area contributed by atoms with Gasteiger partial charge < -0.3 is 11.1 Å². The van der Waals surface area contributed by atoms with Crippen LogP contribution in [0.2, 0.25) is 0 Å². The topological polar surface area (TPSA) is 73.7 Å². The highest BCUT2D eigenvalue weighted by Gasteiger charge is 2.32. The quantitative estimate of drug-likeness (QED) is 0.505. The van der Waals surface area contributed by atoms with Crippen molar-refractivity contribution < 1.29 is 0 Å². The highest BCUT2D eigenvalue weighted by molar-refractivity contribution is 8.14. The van der Waals surface area contributed by atoms with Crippen LogP contribution in [0.25, 0.3) is 6.08 Å². The Kier molecular flexibility index (Phi) is 5.69. The van der Waals surface area contributed by atoms with Crippen molar-refractivity contribution in [2.45, 2.75) is 57.1 Å². The van der Waals surface area contributed by atoms with Gasteiger partial charge >= 0.3 is 0 Å². The largest absolute Gasteiger partial charge is 0.379 e. The zero-order valence-corrected chi connectivity index (χ0v) is 15.1. The molecule has 3 nitrogen and oxygen atoms in total. The molecular weight excluding hydrogens is 302 g/mol. The van der Waals surface area contributed by atoms with Crippen molar-refractivity contribution in [2.75, 3.05) is 0 Å². The molecule has 0 fully saturated rings. The Balaban J connectivity index is 2.64. The zero-order chi connectivity index (χ0) is 17.0. The monoisotopic (exact) mass is 329 g/mol. The number of fused-ring (bicyclic) bond motifs is 1. The number of nitrogens with two attached hydrogens (primary N) is 1. The van der Waals surface area contributed by atoms with E-state index in [1.54, 1.807) is 0 Å². The maximum atomic E-state index is 7.74. The van der Waals surface area contributed by atoms with Crippen LogP contribution in [0.5, 0.6) is 0 Å². The summed E-state index contributed by atoms with van der Waals surface area (Å²) in [6, 6.07) is 4.42. The van der Waals surface area contributed by atoms with E-state index in [-0.39, 0.29) is 9.91 Å². The maximum absolute atomic E-state index is 7.74. The van der Waals surface area contributed by atoms with Crippen LogP contribution in [0.3, 0.4) is 0 Å². The van der Waals surface area contributed by atoms with Crippen LogP contribution in [0.1, 0.15) is 68.2 Å². The first-order chi connectivity index (χ1) is 10.9. The summed E-state index contributed by atoms with van der Waals surface area (Å²) in [6.45, 7) is 6.54. The third-order valence-electron chi connectivity index (χ3n) is 4.80. The van der Waals surface area contributed by atoms with Gasteiger partial charge in [-0.2, -0.15) is 0 Å². The van der Waals surface area contributed by atoms with E-state index < -0.39 is 0 Å². The minimum atomic E-state index is -0.201. The van der Waals surface area contributed by atoms with Gasteiger partial charge in [0.1, 0.15) is 0 Å². The summed E-state index contributed by atoms with van der Waals surface area (Å²) in [4.78, 5) is 0. The average molecular weight is 330 g/mol. The fraction of sp³-hybridized carbons (Fsp3) is 0.474. The van der Waals surface area contributed by atoms with Crippen molar-refractivity contribution in [2.24, 2.45) is 5.73 Å². The number of allylic oxidation sites excluding steroid dienone is 1. The molecule has 0 heterocycles. The minimum absolute atomic E-state index is 0.164. The Bertz CT molecular complexity index is 636. The molecule has 0 radical (unpaired) electrons. The summed E-state index contributed by atoms with van der Waals surface area (Å²) in [7, 11) is 0. The summed E-state index contributed by atoms with van der Waals surface area (Å²) in [5.41, 5.74) is 11.1. The van der Waals surface area contributed by atoms with E-state index in [9.17, 15) is 0 Å². The van der Waals surface area contributed by atoms with Crippen LogP contribution in [-0.4, -0.2) is 11.4 Å². The standard InChI is InChI=1S/C19H27N3S/c1-4-19(3,23-18(21)22)16-10-9-14-7-5-6-8-15(14)17(16)13(2)11-12-20/h5,7,9-10,12-13,20H,4,6,8,11H2,1-3H3,(H3,21,22)/t13-,19?/m0/s1. The Morgan fingerprint density at radius 3 is 2.83 bits per heavy atom. The van der Waals surface area contributed by atoms with Gasteiger partial charge in [0.2, 0.25) is 0 Å². The molecule has 0 aromatic heterocycles. The van der Waals surface area contributed by atoms with Gasteiger partial charge in [-0.25, -0.2) is 0 Å². The van der Waals surface area contributed by atoms with E-state index in [2.05, 4.69) is 45.1 Å². The Hall–Kier alpha value is -1.55. The zero-order valence-electron chi connectivity index (χ0n) is 14.3. The molecule has 0 bridgehead atoms. The van der Waals surface area contributed by atoms with Gasteiger partial charge in [0.15, 0.2) is 5.17 Å². The van der Waals surface area contributed by atoms with E-state index in [0.717, 1.165) is 25.7 Å². The predicted octanol–water partition coefficient (Wildman–Crippen LogP) is 5.04. The van der Waals surface area contributed by atoms with Crippen LogP contribution < -0.4 is 5.73 Å². The molecule has 1 aliphatic rings. The molecule has 1 aliphatic carbocycles. The number of nitrogens with one attached hydrogen (secondary N) is 2.